The van der Waals surface area contributed by atoms with Crippen molar-refractivity contribution in [1.82, 2.24) is 5.32 Å². The molecule has 1 saturated heterocycles. The van der Waals surface area contributed by atoms with E-state index in [1.54, 1.807) is 6.08 Å². The van der Waals surface area contributed by atoms with Gasteiger partial charge in [0.2, 0.25) is 5.91 Å². The van der Waals surface area contributed by atoms with E-state index in [1.807, 2.05) is 6.08 Å². The Morgan fingerprint density at radius 3 is 1.08 bits per heavy atom. The van der Waals surface area contributed by atoms with Gasteiger partial charge in [-0.2, -0.15) is 0 Å². The zero-order chi connectivity index (χ0) is 61.4. The Bertz CT molecular complexity index is 1620. The van der Waals surface area contributed by atoms with Crippen LogP contribution in [0.5, 0.6) is 0 Å². The molecule has 0 aromatic rings. The molecule has 1 heterocycles. The number of carbonyl (C=O) groups is 1. The number of allylic oxidation sites excluding steroid dienone is 13. The molecular weight excluding hydrogens is 1050 g/mol. The molecule has 1 aliphatic rings. The largest absolute Gasteiger partial charge is 0.394 e. The van der Waals surface area contributed by atoms with Crippen LogP contribution in [0.3, 0.4) is 0 Å². The first-order chi connectivity index (χ1) is 41.8. The number of aliphatic hydroxyl groups excluding tert-OH is 5. The summed E-state index contributed by atoms with van der Waals surface area (Å²) in [5.74, 6) is -0.174. The SMILES string of the molecule is CC/C=C\C/C=C\C/C=C\C/C=C\C/C=C\C/C=C\CCCCCCCCCCCCCCCCCCC(=O)NC(COC1OC(CO)C(O)C(O)C1O)C(O)/C=C/CCCCCCCCCCCCCCCCCCCCCCCCCCC. The fourth-order valence-corrected chi connectivity index (χ4v) is 11.3. The van der Waals surface area contributed by atoms with Gasteiger partial charge in [-0.3, -0.25) is 4.79 Å². The Labute approximate surface area is 524 Å². The minimum atomic E-state index is -1.57. The Morgan fingerprint density at radius 2 is 0.729 bits per heavy atom. The normalized spacial score (nSPS) is 18.6. The van der Waals surface area contributed by atoms with Gasteiger partial charge in [0, 0.05) is 6.42 Å². The summed E-state index contributed by atoms with van der Waals surface area (Å²) < 4.78 is 11.3. The summed E-state index contributed by atoms with van der Waals surface area (Å²) in [6.07, 6.45) is 85.5. The zero-order valence-electron chi connectivity index (χ0n) is 55.4. The molecule has 1 rings (SSSR count). The number of rotatable bonds is 63. The van der Waals surface area contributed by atoms with Crippen LogP contribution in [0.15, 0.2) is 85.1 Å². The van der Waals surface area contributed by atoms with Crippen LogP contribution in [0.4, 0.5) is 0 Å². The molecule has 85 heavy (non-hydrogen) atoms. The summed E-state index contributed by atoms with van der Waals surface area (Å²) >= 11 is 0. The summed E-state index contributed by atoms with van der Waals surface area (Å²) in [7, 11) is 0. The average Bonchev–Trinajstić information content (AvgIpc) is 3.71. The number of unbranched alkanes of at least 4 members (excludes halogenated alkanes) is 41. The molecule has 0 saturated carbocycles. The van der Waals surface area contributed by atoms with E-state index >= 15 is 0 Å². The van der Waals surface area contributed by atoms with Crippen molar-refractivity contribution in [2.45, 2.75) is 378 Å². The van der Waals surface area contributed by atoms with Crippen molar-refractivity contribution in [3.05, 3.63) is 85.1 Å². The summed E-state index contributed by atoms with van der Waals surface area (Å²) in [5.41, 5.74) is 0. The Morgan fingerprint density at radius 1 is 0.412 bits per heavy atom. The monoisotopic (exact) mass is 1190 g/mol. The molecular formula is C76H137NO8. The van der Waals surface area contributed by atoms with Crippen molar-refractivity contribution < 1.29 is 39.8 Å². The van der Waals surface area contributed by atoms with Crippen LogP contribution in [-0.2, 0) is 14.3 Å². The third kappa shape index (κ3) is 53.0. The van der Waals surface area contributed by atoms with Crippen LogP contribution in [-0.4, -0.2) is 87.5 Å². The number of nitrogens with one attached hydrogen (secondary N) is 1. The van der Waals surface area contributed by atoms with Gasteiger partial charge < -0.3 is 40.3 Å². The standard InChI is InChI=1S/C76H137NO8/c1-3-5-7-9-11-13-15-17-19-21-23-25-27-29-31-32-33-34-35-36-37-38-40-42-44-46-48-50-52-54-56-58-60-62-64-66-72(80)77-69(68-84-76-75(83)74(82)73(81)71(67-78)85-76)70(79)65-63-61-59-57-55-53-51-49-47-45-43-41-39-30-28-26-24-22-20-18-16-14-12-10-8-6-4-2/h5,7,11,13,17,19,23,25,29,31,33-34,63,65,69-71,73-76,78-79,81-83H,3-4,6,8-10,12,14-16,18,20-22,24,26-28,30,32,35-62,64,66-68H2,1-2H3,(H,77,80)/b7-5-,13-11-,19-17-,25-23-,31-29-,34-33-,65-63+. The van der Waals surface area contributed by atoms with E-state index in [1.165, 1.54) is 238 Å². The van der Waals surface area contributed by atoms with E-state index in [0.717, 1.165) is 77.0 Å². The van der Waals surface area contributed by atoms with Crippen molar-refractivity contribution in [1.29, 1.82) is 0 Å². The first-order valence-electron chi connectivity index (χ1n) is 36.3. The summed E-state index contributed by atoms with van der Waals surface area (Å²) in [4.78, 5) is 13.1. The fourth-order valence-electron chi connectivity index (χ4n) is 11.3. The number of carbonyl (C=O) groups excluding carboxylic acids is 1. The van der Waals surface area contributed by atoms with Crippen molar-refractivity contribution in [2.24, 2.45) is 0 Å². The molecule has 7 atom stereocenters. The predicted molar refractivity (Wildman–Crippen MR) is 364 cm³/mol. The topological polar surface area (TPSA) is 149 Å². The first kappa shape index (κ1) is 80.4. The molecule has 0 spiro atoms. The van der Waals surface area contributed by atoms with Crippen molar-refractivity contribution in [3.8, 4) is 0 Å². The van der Waals surface area contributed by atoms with Crippen LogP contribution in [0, 0.1) is 0 Å². The second kappa shape index (κ2) is 64.4. The lowest BCUT2D eigenvalue weighted by Gasteiger charge is -2.40. The number of ether oxygens (including phenoxy) is 2. The lowest BCUT2D eigenvalue weighted by Crippen LogP contribution is -2.60. The quantitative estimate of drug-likeness (QED) is 0.0261. The van der Waals surface area contributed by atoms with Gasteiger partial charge in [-0.1, -0.05) is 343 Å². The van der Waals surface area contributed by atoms with E-state index in [4.69, 9.17) is 9.47 Å². The van der Waals surface area contributed by atoms with Crippen LogP contribution in [0.1, 0.15) is 335 Å². The minimum absolute atomic E-state index is 0.174. The predicted octanol–water partition coefficient (Wildman–Crippen LogP) is 20.1. The summed E-state index contributed by atoms with van der Waals surface area (Å²) in [5, 5.41) is 54.8. The Hall–Kier alpha value is -2.63. The van der Waals surface area contributed by atoms with Crippen LogP contribution < -0.4 is 5.32 Å². The maximum absolute atomic E-state index is 13.1. The highest BCUT2D eigenvalue weighted by Crippen LogP contribution is 2.23. The Balaban J connectivity index is 2.12. The number of aliphatic hydroxyl groups is 5. The zero-order valence-corrected chi connectivity index (χ0v) is 55.4. The van der Waals surface area contributed by atoms with Gasteiger partial charge >= 0.3 is 0 Å². The molecule has 6 N–H and O–H groups in total. The minimum Gasteiger partial charge on any atom is -0.394 e. The maximum atomic E-state index is 13.1. The van der Waals surface area contributed by atoms with Gasteiger partial charge in [0.15, 0.2) is 6.29 Å². The second-order valence-corrected chi connectivity index (χ2v) is 25.0. The van der Waals surface area contributed by atoms with E-state index in [-0.39, 0.29) is 12.5 Å². The molecule has 9 nitrogen and oxygen atoms in total. The highest BCUT2D eigenvalue weighted by Gasteiger charge is 2.44. The molecule has 9 heteroatoms. The number of amides is 1. The third-order valence-electron chi connectivity index (χ3n) is 17.0. The van der Waals surface area contributed by atoms with Gasteiger partial charge in [-0.25, -0.2) is 0 Å². The molecule has 7 unspecified atom stereocenters. The van der Waals surface area contributed by atoms with E-state index in [2.05, 4.69) is 92.1 Å². The lowest BCUT2D eigenvalue weighted by atomic mass is 9.99. The molecule has 494 valence electrons. The number of hydrogen-bond donors (Lipinski definition) is 6. The lowest BCUT2D eigenvalue weighted by molar-refractivity contribution is -0.302. The molecule has 1 amide bonds. The van der Waals surface area contributed by atoms with Crippen LogP contribution in [0.25, 0.3) is 0 Å². The van der Waals surface area contributed by atoms with Crippen LogP contribution >= 0.6 is 0 Å². The molecule has 0 aromatic carbocycles. The summed E-state index contributed by atoms with van der Waals surface area (Å²) in [6, 6.07) is -0.810. The van der Waals surface area contributed by atoms with E-state index in [0.29, 0.717) is 6.42 Å². The summed E-state index contributed by atoms with van der Waals surface area (Å²) in [6.45, 7) is 3.71. The molecule has 1 aliphatic heterocycles. The molecule has 0 aromatic heterocycles. The third-order valence-corrected chi connectivity index (χ3v) is 17.0. The fraction of sp³-hybridized carbons (Fsp3) is 0.803. The molecule has 0 bridgehead atoms. The van der Waals surface area contributed by atoms with Gasteiger partial charge in [0.1, 0.15) is 24.4 Å². The first-order valence-corrected chi connectivity index (χ1v) is 36.3. The van der Waals surface area contributed by atoms with E-state index < -0.39 is 49.5 Å². The van der Waals surface area contributed by atoms with Gasteiger partial charge in [-0.05, 0) is 70.6 Å². The van der Waals surface area contributed by atoms with Crippen LogP contribution in [0.2, 0.25) is 0 Å². The van der Waals surface area contributed by atoms with Crippen molar-refractivity contribution in [3.63, 3.8) is 0 Å². The van der Waals surface area contributed by atoms with Gasteiger partial charge in [0.25, 0.3) is 0 Å². The maximum Gasteiger partial charge on any atom is 0.220 e. The van der Waals surface area contributed by atoms with Gasteiger partial charge in [-0.15, -0.1) is 0 Å². The second-order valence-electron chi connectivity index (χ2n) is 25.0. The Kier molecular flexibility index (Phi) is 60.9. The van der Waals surface area contributed by atoms with Crippen molar-refractivity contribution >= 4 is 5.91 Å². The van der Waals surface area contributed by atoms with E-state index in [9.17, 15) is 30.3 Å². The highest BCUT2D eigenvalue weighted by atomic mass is 16.7. The van der Waals surface area contributed by atoms with Gasteiger partial charge in [0.05, 0.1) is 25.4 Å². The highest BCUT2D eigenvalue weighted by molar-refractivity contribution is 5.76. The average molecular weight is 1190 g/mol. The molecule has 1 fully saturated rings. The molecule has 0 aliphatic carbocycles. The number of hydrogen-bond acceptors (Lipinski definition) is 8. The van der Waals surface area contributed by atoms with Crippen molar-refractivity contribution in [2.75, 3.05) is 13.2 Å². The molecule has 0 radical (unpaired) electrons. The smallest absolute Gasteiger partial charge is 0.220 e.